The van der Waals surface area contributed by atoms with E-state index in [1.807, 2.05) is 0 Å². The normalized spacial score (nSPS) is 0. The van der Waals surface area contributed by atoms with Crippen LogP contribution >= 0.6 is 0 Å². The van der Waals surface area contributed by atoms with Gasteiger partial charge in [-0.2, -0.15) is 0 Å². The Hall–Kier alpha value is 2.83. The number of hydrogen-bond donors (Lipinski definition) is 0. The van der Waals surface area contributed by atoms with E-state index in [9.17, 15) is 0 Å². The van der Waals surface area contributed by atoms with Gasteiger partial charge in [-0.1, -0.05) is 0 Å². The van der Waals surface area contributed by atoms with Gasteiger partial charge in [-0.15, -0.1) is 0 Å². The van der Waals surface area contributed by atoms with Gasteiger partial charge in [0.1, 0.15) is 0 Å². The number of rotatable bonds is 0. The Bertz CT molecular complexity index is 10.8. The van der Waals surface area contributed by atoms with Crippen LogP contribution in [0.3, 0.4) is 0 Å². The summed E-state index contributed by atoms with van der Waals surface area (Å²) < 4.78 is 0. The van der Waals surface area contributed by atoms with Gasteiger partial charge in [0, 0.05) is 35.3 Å². The van der Waals surface area contributed by atoms with E-state index < -0.39 is 0 Å². The Balaban J connectivity index is 0. The molecule has 0 aromatic rings. The van der Waals surface area contributed by atoms with Crippen molar-refractivity contribution < 1.29 is 56.4 Å². The second-order valence-corrected chi connectivity index (χ2v) is 0. The molecular formula is CoMoS3V. The summed E-state index contributed by atoms with van der Waals surface area (Å²) in [5, 5.41) is 0. The van der Waals surface area contributed by atoms with Gasteiger partial charge in [0.25, 0.3) is 0 Å². The molecule has 6 heavy (non-hydrogen) atoms. The predicted molar refractivity (Wildman–Crippen MR) is 22.1 cm³/mol. The summed E-state index contributed by atoms with van der Waals surface area (Å²) in [5.41, 5.74) is 0. The van der Waals surface area contributed by atoms with Gasteiger partial charge in [0.15, 0.2) is 0 Å². The Morgan fingerprint density at radius 2 is 0.667 bits per heavy atom. The van der Waals surface area contributed by atoms with Crippen LogP contribution in [0, 0.1) is 0 Å². The van der Waals surface area contributed by atoms with Crippen molar-refractivity contribution >= 4 is 40.5 Å². The van der Waals surface area contributed by atoms with Crippen molar-refractivity contribution in [1.82, 2.24) is 0 Å². The Labute approximate surface area is 95.7 Å². The quantitative estimate of drug-likeness (QED) is 0.552. The van der Waals surface area contributed by atoms with E-state index in [-0.39, 0.29) is 96.9 Å². The minimum Gasteiger partial charge on any atom is -2.00 e. The fraction of sp³-hybridized carbons (Fsp3) is 0. The zero-order valence-electron chi connectivity index (χ0n) is 2.41. The largest absolute Gasteiger partial charge is 6.00 e. The molecule has 0 saturated carbocycles. The van der Waals surface area contributed by atoms with Crippen molar-refractivity contribution in [3.63, 3.8) is 0 Å². The summed E-state index contributed by atoms with van der Waals surface area (Å²) in [6.07, 6.45) is 0. The van der Waals surface area contributed by atoms with Crippen molar-refractivity contribution in [2.45, 2.75) is 0 Å². The van der Waals surface area contributed by atoms with E-state index in [0.29, 0.717) is 0 Å². The molecule has 0 saturated heterocycles. The van der Waals surface area contributed by atoms with Gasteiger partial charge in [-0.05, 0) is 0 Å². The average Bonchev–Trinajstić information content (AvgIpc) is 0. The molecule has 0 atom stereocenters. The van der Waals surface area contributed by atoms with E-state index in [0.717, 1.165) is 0 Å². The smallest absolute Gasteiger partial charge is 2.00 e. The first kappa shape index (κ1) is 67.6. The van der Waals surface area contributed by atoms with E-state index in [1.54, 1.807) is 0 Å². The average molecular weight is 302 g/mol. The van der Waals surface area contributed by atoms with E-state index in [1.165, 1.54) is 0 Å². The van der Waals surface area contributed by atoms with E-state index >= 15 is 0 Å². The molecule has 0 aromatic carbocycles. The first-order chi connectivity index (χ1) is 0. The van der Waals surface area contributed by atoms with Crippen LogP contribution in [0.2, 0.25) is 0 Å². The molecule has 0 aliphatic rings. The topological polar surface area (TPSA) is 0 Å². The molecule has 0 unspecified atom stereocenters. The summed E-state index contributed by atoms with van der Waals surface area (Å²) in [7, 11) is 0. The molecule has 38 valence electrons. The van der Waals surface area contributed by atoms with Crippen LogP contribution in [0.4, 0.5) is 0 Å². The molecular weight excluding hydrogens is 302 g/mol. The first-order valence-corrected chi connectivity index (χ1v) is 0. The standard InChI is InChI=1S/Co.Mo.3S.V/q;+6;3*-2;. The van der Waals surface area contributed by atoms with Gasteiger partial charge in [-0.25, -0.2) is 0 Å². The zero-order chi connectivity index (χ0) is 0. The van der Waals surface area contributed by atoms with Gasteiger partial charge >= 0.3 is 21.1 Å². The molecule has 6 heteroatoms. The molecule has 0 nitrogen and oxygen atoms in total. The van der Waals surface area contributed by atoms with Crippen LogP contribution in [-0.4, -0.2) is 0 Å². The van der Waals surface area contributed by atoms with Crippen molar-refractivity contribution in [2.24, 2.45) is 0 Å². The molecule has 0 fully saturated rings. The molecule has 0 amide bonds. The molecule has 0 N–H and O–H groups in total. The molecule has 0 rings (SSSR count). The van der Waals surface area contributed by atoms with Gasteiger partial charge in [0.05, 0.1) is 0 Å². The second kappa shape index (κ2) is 45.6. The monoisotopic (exact) mass is 304 g/mol. The van der Waals surface area contributed by atoms with Crippen molar-refractivity contribution in [1.29, 1.82) is 0 Å². The molecule has 0 bridgehead atoms. The van der Waals surface area contributed by atoms with Crippen molar-refractivity contribution in [2.75, 3.05) is 0 Å². The van der Waals surface area contributed by atoms with E-state index in [4.69, 9.17) is 0 Å². The van der Waals surface area contributed by atoms with Gasteiger partial charge in [-0.3, -0.25) is 0 Å². The summed E-state index contributed by atoms with van der Waals surface area (Å²) >= 11 is 0. The fourth-order valence-electron chi connectivity index (χ4n) is 0. The van der Waals surface area contributed by atoms with Crippen LogP contribution in [-0.2, 0) is 96.9 Å². The summed E-state index contributed by atoms with van der Waals surface area (Å²) in [5.74, 6) is 0. The fourth-order valence-corrected chi connectivity index (χ4v) is 0. The third-order valence-corrected chi connectivity index (χ3v) is 0. The minimum atomic E-state index is 0. The van der Waals surface area contributed by atoms with Crippen molar-refractivity contribution in [3.05, 3.63) is 0 Å². The molecule has 0 heterocycles. The Morgan fingerprint density at radius 3 is 0.667 bits per heavy atom. The van der Waals surface area contributed by atoms with Crippen LogP contribution in [0.25, 0.3) is 0 Å². The third-order valence-electron chi connectivity index (χ3n) is 0. The molecule has 0 spiro atoms. The predicted octanol–water partition coefficient (Wildman–Crippen LogP) is -0.0147. The Morgan fingerprint density at radius 1 is 0.667 bits per heavy atom. The Kier molecular flexibility index (Phi) is 514. The summed E-state index contributed by atoms with van der Waals surface area (Å²) in [6, 6.07) is 0. The van der Waals surface area contributed by atoms with Crippen molar-refractivity contribution in [3.8, 4) is 0 Å². The van der Waals surface area contributed by atoms with Crippen LogP contribution in [0.5, 0.6) is 0 Å². The van der Waals surface area contributed by atoms with Crippen LogP contribution < -0.4 is 0 Å². The van der Waals surface area contributed by atoms with E-state index in [2.05, 4.69) is 0 Å². The third kappa shape index (κ3) is 29.0. The molecule has 0 aliphatic carbocycles. The zero-order valence-corrected chi connectivity index (χ0v) is 9.31. The summed E-state index contributed by atoms with van der Waals surface area (Å²) in [4.78, 5) is 0. The molecule has 0 aromatic heterocycles. The minimum absolute atomic E-state index is 0. The maximum atomic E-state index is 0. The second-order valence-electron chi connectivity index (χ2n) is 0. The maximum Gasteiger partial charge on any atom is 6.00 e. The molecule has 0 aliphatic heterocycles. The van der Waals surface area contributed by atoms with Gasteiger partial charge in [0.2, 0.25) is 0 Å². The molecule has 2 radical (unpaired) electrons. The van der Waals surface area contributed by atoms with Crippen LogP contribution in [0.1, 0.15) is 0 Å². The SMILES string of the molecule is [Co].[Mo+6].[S-2].[S-2].[S-2].[V]. The van der Waals surface area contributed by atoms with Crippen LogP contribution in [0.15, 0.2) is 0 Å². The maximum absolute atomic E-state index is 0. The summed E-state index contributed by atoms with van der Waals surface area (Å²) in [6.45, 7) is 0. The van der Waals surface area contributed by atoms with Gasteiger partial charge < -0.3 is 40.5 Å². The number of hydrogen-bond acceptors (Lipinski definition) is 0. The first-order valence-electron chi connectivity index (χ1n) is 0.